The normalized spacial score (nSPS) is 12.0. The van der Waals surface area contributed by atoms with Crippen molar-refractivity contribution in [2.45, 2.75) is 282 Å². The first kappa shape index (κ1) is 102. The molecule has 0 aliphatic carbocycles. The SMILES string of the molecule is CCCCCCCCCCCCCCCC(=O)NCCCN(CCCNC(=O)CCCCCCCCCCCCCCC)C(=O)/C=C\C(=O)N[C@@H](CCCN=C(N)N)C(=O)N[C@@H](CCCN=C(N)N)C(=O)N[C@@H](CCCN=C(N)N)C(N)=O.O=C(O)C(F)(F)F.O=C(O)C(F)(F)F.O=C(O)C(F)(F)F. The number of rotatable bonds is 56. The number of nitrogens with two attached hydrogens (primary N) is 7. The molecule has 0 unspecified atom stereocenters. The molecule has 0 aliphatic rings. The van der Waals surface area contributed by atoms with Crippen molar-refractivity contribution in [2.24, 2.45) is 55.1 Å². The topological polar surface area (TPSA) is 514 Å². The Labute approximate surface area is 604 Å². The van der Waals surface area contributed by atoms with Crippen molar-refractivity contribution in [3.8, 4) is 0 Å². The summed E-state index contributed by atoms with van der Waals surface area (Å²) in [6, 6.07) is -3.59. The van der Waals surface area contributed by atoms with Gasteiger partial charge in [-0.15, -0.1) is 0 Å². The predicted molar refractivity (Wildman–Crippen MR) is 377 cm³/mol. The second kappa shape index (κ2) is 64.2. The summed E-state index contributed by atoms with van der Waals surface area (Å²) in [4.78, 5) is 133. The average Bonchev–Trinajstić information content (AvgIpc) is 0.873. The third kappa shape index (κ3) is 69.3. The van der Waals surface area contributed by atoms with Gasteiger partial charge in [-0.25, -0.2) is 14.4 Å². The number of carbonyl (C=O) groups is 10. The van der Waals surface area contributed by atoms with Gasteiger partial charge in [0.15, 0.2) is 17.9 Å². The summed E-state index contributed by atoms with van der Waals surface area (Å²) in [5.41, 5.74) is 38.4. The highest BCUT2D eigenvalue weighted by Crippen LogP contribution is 2.18. The van der Waals surface area contributed by atoms with E-state index in [1.54, 1.807) is 4.90 Å². The lowest BCUT2D eigenvalue weighted by molar-refractivity contribution is -0.193. The standard InChI is InChI=1S/C60H116N16O7.3C2HF3O2/c1-3-5-7-9-11-13-15-17-19-21-23-25-27-37-51(77)68-44-32-46-76(47-33-45-69-52(78)38-28-26-24-22-20-18-16-14-12-10-8-6-4-2)54(80)40-39-53(79)73-49(35-30-42-71-59(64)65)56(82)75-50(36-31-43-72-60(66)67)57(83)74-48(55(61)81)34-29-41-70-58(62)63;3*3-2(4,5)1(6)7/h39-40,48-50H,3-38,41-47H2,1-2H3,(H2,61,81)(H,68,77)(H,69,78)(H,73,79)(H,74,83)(H,75,82)(H4,62,63,70)(H4,64,65,71)(H4,66,67,72);3*(H,6,7)/b40-39-;;;/t48-,49-,50-;;;/m0.../s1. The molecule has 0 heterocycles. The van der Waals surface area contributed by atoms with Crippen molar-refractivity contribution in [1.82, 2.24) is 31.5 Å². The number of carboxylic acids is 3. The number of amides is 7. The molecule has 0 spiro atoms. The Morgan fingerprint density at radius 1 is 0.375 bits per heavy atom. The van der Waals surface area contributed by atoms with Crippen LogP contribution in [0.15, 0.2) is 27.1 Å². The van der Waals surface area contributed by atoms with Crippen molar-refractivity contribution < 1.29 is 103 Å². The smallest absolute Gasteiger partial charge is 0.475 e. The van der Waals surface area contributed by atoms with E-state index < -0.39 is 84.1 Å². The van der Waals surface area contributed by atoms with Crippen molar-refractivity contribution in [3.05, 3.63) is 12.2 Å². The third-order valence-electron chi connectivity index (χ3n) is 15.0. The molecule has 38 heteroatoms. The lowest BCUT2D eigenvalue weighted by Crippen LogP contribution is -2.56. The summed E-state index contributed by atoms with van der Waals surface area (Å²) in [6.45, 7) is 6.15. The fourth-order valence-corrected chi connectivity index (χ4v) is 9.46. The van der Waals surface area contributed by atoms with Gasteiger partial charge in [0.05, 0.1) is 0 Å². The molecule has 7 amide bonds. The van der Waals surface area contributed by atoms with Crippen LogP contribution in [0, 0.1) is 0 Å². The molecule has 22 N–H and O–H groups in total. The third-order valence-corrected chi connectivity index (χ3v) is 15.0. The number of carboxylic acid groups (broad SMARTS) is 3. The number of unbranched alkanes of at least 4 members (excludes halogenated alkanes) is 24. The van der Waals surface area contributed by atoms with Gasteiger partial charge in [-0.3, -0.25) is 48.5 Å². The number of halogens is 9. The van der Waals surface area contributed by atoms with Gasteiger partial charge in [0.25, 0.3) is 0 Å². The molecule has 0 bridgehead atoms. The maximum absolute atomic E-state index is 14.0. The number of hydrogen-bond acceptors (Lipinski definition) is 13. The maximum Gasteiger partial charge on any atom is 0.490 e. The van der Waals surface area contributed by atoms with E-state index in [1.807, 2.05) is 0 Å². The molecule has 0 aromatic carbocycles. The number of carbonyl (C=O) groups excluding carboxylic acids is 7. The summed E-state index contributed by atoms with van der Waals surface area (Å²) < 4.78 is 95.2. The van der Waals surface area contributed by atoms with Crippen LogP contribution in [0.4, 0.5) is 39.5 Å². The van der Waals surface area contributed by atoms with Gasteiger partial charge in [-0.05, 0) is 64.2 Å². The molecule has 0 radical (unpaired) electrons. The molecule has 604 valence electrons. The summed E-state index contributed by atoms with van der Waals surface area (Å²) in [7, 11) is 0. The van der Waals surface area contributed by atoms with E-state index in [9.17, 15) is 73.1 Å². The van der Waals surface area contributed by atoms with Crippen LogP contribution >= 0.6 is 0 Å². The van der Waals surface area contributed by atoms with Crippen LogP contribution in [0.2, 0.25) is 0 Å². The minimum Gasteiger partial charge on any atom is -0.475 e. The molecule has 3 atom stereocenters. The van der Waals surface area contributed by atoms with E-state index in [0.29, 0.717) is 45.2 Å². The molecule has 0 aromatic rings. The fourth-order valence-electron chi connectivity index (χ4n) is 9.46. The van der Waals surface area contributed by atoms with Crippen LogP contribution in [0.1, 0.15) is 245 Å². The molecule has 0 rings (SSSR count). The van der Waals surface area contributed by atoms with E-state index in [4.69, 9.17) is 69.8 Å². The van der Waals surface area contributed by atoms with E-state index in [2.05, 4.69) is 55.4 Å². The summed E-state index contributed by atoms with van der Waals surface area (Å²) in [5, 5.41) is 35.2. The molecule has 0 saturated heterocycles. The number of aliphatic carboxylic acids is 3. The Morgan fingerprint density at radius 2 is 0.635 bits per heavy atom. The number of guanidine groups is 3. The van der Waals surface area contributed by atoms with E-state index >= 15 is 0 Å². The molecule has 0 saturated carbocycles. The maximum atomic E-state index is 14.0. The zero-order valence-electron chi connectivity index (χ0n) is 60.4. The Kier molecular flexibility index (Phi) is 63.0. The first-order chi connectivity index (χ1) is 48.8. The number of aliphatic imine (C=N–C) groups is 3. The Balaban J connectivity index is -0.00000205. The van der Waals surface area contributed by atoms with Crippen molar-refractivity contribution in [1.29, 1.82) is 0 Å². The minimum absolute atomic E-state index is 0.0233. The highest BCUT2D eigenvalue weighted by Gasteiger charge is 2.40. The largest absolute Gasteiger partial charge is 0.490 e. The first-order valence-corrected chi connectivity index (χ1v) is 35.6. The monoisotopic (exact) mass is 1510 g/mol. The van der Waals surface area contributed by atoms with Crippen LogP contribution in [0.5, 0.6) is 0 Å². The molecule has 0 aromatic heterocycles. The van der Waals surface area contributed by atoms with Gasteiger partial charge in [0.1, 0.15) is 18.1 Å². The van der Waals surface area contributed by atoms with Crippen molar-refractivity contribution in [2.75, 3.05) is 45.8 Å². The fraction of sp³-hybridized carbons (Fsp3) is 0.773. The number of nitrogens with zero attached hydrogens (tertiary/aromatic N) is 4. The zero-order chi connectivity index (χ0) is 79.8. The summed E-state index contributed by atoms with van der Waals surface area (Å²) in [5.74, 6) is -12.4. The quantitative estimate of drug-likeness (QED) is 0.00930. The number of hydrogen-bond donors (Lipinski definition) is 15. The molecule has 0 fully saturated rings. The Bertz CT molecular complexity index is 2410. The molecule has 29 nitrogen and oxygen atoms in total. The summed E-state index contributed by atoms with van der Waals surface area (Å²) >= 11 is 0. The van der Waals surface area contributed by atoms with Gasteiger partial charge in [0.2, 0.25) is 41.4 Å². The van der Waals surface area contributed by atoms with Crippen LogP contribution in [0.25, 0.3) is 0 Å². The second-order valence-corrected chi connectivity index (χ2v) is 24.4. The number of primary amides is 1. The van der Waals surface area contributed by atoms with E-state index in [-0.39, 0.29) is 94.5 Å². The van der Waals surface area contributed by atoms with Crippen molar-refractivity contribution in [3.63, 3.8) is 0 Å². The number of alkyl halides is 9. The van der Waals surface area contributed by atoms with Crippen LogP contribution in [0.3, 0.4) is 0 Å². The van der Waals surface area contributed by atoms with Gasteiger partial charge >= 0.3 is 36.4 Å². The molecule has 104 heavy (non-hydrogen) atoms. The van der Waals surface area contributed by atoms with E-state index in [0.717, 1.165) is 50.7 Å². The zero-order valence-corrected chi connectivity index (χ0v) is 60.4. The van der Waals surface area contributed by atoms with Crippen LogP contribution < -0.4 is 66.7 Å². The van der Waals surface area contributed by atoms with Gasteiger partial charge in [-0.2, -0.15) is 39.5 Å². The molecular formula is C66H119F9N16O13. The highest BCUT2D eigenvalue weighted by molar-refractivity contribution is 5.99. The predicted octanol–water partition coefficient (Wildman–Crippen LogP) is 7.35. The highest BCUT2D eigenvalue weighted by atomic mass is 19.4. The second-order valence-electron chi connectivity index (χ2n) is 24.4. The van der Waals surface area contributed by atoms with Gasteiger partial charge in [-0.1, -0.05) is 168 Å². The lowest BCUT2D eigenvalue weighted by atomic mass is 10.0. The first-order valence-electron chi connectivity index (χ1n) is 35.6. The molecular weight excluding hydrogens is 1400 g/mol. The average molecular weight is 1520 g/mol. The van der Waals surface area contributed by atoms with Gasteiger partial charge < -0.3 is 86.9 Å². The van der Waals surface area contributed by atoms with Gasteiger partial charge in [0, 0.05) is 70.8 Å². The Hall–Kier alpha value is -8.38. The van der Waals surface area contributed by atoms with Crippen LogP contribution in [-0.2, 0) is 47.9 Å². The lowest BCUT2D eigenvalue weighted by Gasteiger charge is -2.24. The Morgan fingerprint density at radius 3 is 0.904 bits per heavy atom. The van der Waals surface area contributed by atoms with Crippen LogP contribution in [-0.4, -0.2) is 180 Å². The number of nitrogens with one attached hydrogen (secondary N) is 5. The van der Waals surface area contributed by atoms with Crippen molar-refractivity contribution >= 4 is 77.1 Å². The molecule has 0 aliphatic heterocycles. The summed E-state index contributed by atoms with van der Waals surface area (Å²) in [6.07, 6.45) is 21.4. The minimum atomic E-state index is -5.08. The van der Waals surface area contributed by atoms with E-state index in [1.165, 1.54) is 128 Å².